The summed E-state index contributed by atoms with van der Waals surface area (Å²) < 4.78 is 0. The molecule has 20 heavy (non-hydrogen) atoms. The first kappa shape index (κ1) is 13.4. The van der Waals surface area contributed by atoms with E-state index in [0.29, 0.717) is 11.5 Å². The first-order valence-corrected chi connectivity index (χ1v) is 7.66. The summed E-state index contributed by atoms with van der Waals surface area (Å²) >= 11 is 0. The predicted octanol–water partition coefficient (Wildman–Crippen LogP) is 4.56. The summed E-state index contributed by atoms with van der Waals surface area (Å²) in [6, 6.07) is 21.8. The third-order valence-corrected chi connectivity index (χ3v) is 4.65. The fraction of sp³-hybridized carbons (Fsp3) is 0.368. The van der Waals surface area contributed by atoms with E-state index in [0.717, 1.165) is 6.54 Å². The van der Waals surface area contributed by atoms with Crippen LogP contribution in [0.4, 0.5) is 0 Å². The fourth-order valence-corrected chi connectivity index (χ4v) is 2.87. The van der Waals surface area contributed by atoms with E-state index in [1.54, 1.807) is 0 Å². The minimum atomic E-state index is 0.307. The quantitative estimate of drug-likeness (QED) is 0.807. The largest absolute Gasteiger partial charge is 0.306 e. The Kier molecular flexibility index (Phi) is 3.88. The number of hydrogen-bond donors (Lipinski definition) is 1. The van der Waals surface area contributed by atoms with Gasteiger partial charge in [0.2, 0.25) is 0 Å². The molecule has 0 radical (unpaired) electrons. The molecule has 1 fully saturated rings. The van der Waals surface area contributed by atoms with Gasteiger partial charge in [0.15, 0.2) is 0 Å². The van der Waals surface area contributed by atoms with E-state index < -0.39 is 0 Å². The molecule has 0 bridgehead atoms. The third kappa shape index (κ3) is 2.94. The first-order chi connectivity index (χ1) is 9.83. The van der Waals surface area contributed by atoms with Gasteiger partial charge in [-0.1, -0.05) is 67.6 Å². The van der Waals surface area contributed by atoms with Gasteiger partial charge in [0.1, 0.15) is 0 Å². The van der Waals surface area contributed by atoms with Crippen LogP contribution in [0.1, 0.15) is 43.4 Å². The fourth-order valence-electron chi connectivity index (χ4n) is 2.87. The van der Waals surface area contributed by atoms with Crippen LogP contribution in [0, 0.1) is 5.41 Å². The highest BCUT2D eigenvalue weighted by atomic mass is 14.9. The standard InChI is InChI=1S/C19H23N/c1-2-19(13-14-19)15-20-18(16-9-5-3-6-10-16)17-11-7-4-8-12-17/h3-12,18,20H,2,13-15H2,1H3. The van der Waals surface area contributed by atoms with Gasteiger partial charge in [-0.15, -0.1) is 0 Å². The molecule has 0 atom stereocenters. The Bertz CT molecular complexity index is 489. The molecule has 3 rings (SSSR count). The molecule has 0 aliphatic heterocycles. The Balaban J connectivity index is 1.81. The third-order valence-electron chi connectivity index (χ3n) is 4.65. The molecule has 0 aromatic heterocycles. The second-order valence-electron chi connectivity index (χ2n) is 5.99. The molecule has 2 aromatic carbocycles. The van der Waals surface area contributed by atoms with Gasteiger partial charge in [-0.25, -0.2) is 0 Å². The molecule has 0 spiro atoms. The van der Waals surface area contributed by atoms with Crippen LogP contribution < -0.4 is 5.32 Å². The van der Waals surface area contributed by atoms with Crippen LogP contribution in [0.15, 0.2) is 60.7 Å². The van der Waals surface area contributed by atoms with Crippen molar-refractivity contribution in [3.05, 3.63) is 71.8 Å². The summed E-state index contributed by atoms with van der Waals surface area (Å²) in [6.07, 6.45) is 4.05. The van der Waals surface area contributed by atoms with Gasteiger partial charge in [0.05, 0.1) is 6.04 Å². The molecule has 1 aliphatic rings. The molecule has 0 saturated heterocycles. The maximum Gasteiger partial charge on any atom is 0.0576 e. The van der Waals surface area contributed by atoms with Crippen molar-refractivity contribution in [3.63, 3.8) is 0 Å². The van der Waals surface area contributed by atoms with E-state index in [1.807, 2.05) is 0 Å². The van der Waals surface area contributed by atoms with Gasteiger partial charge in [-0.3, -0.25) is 0 Å². The van der Waals surface area contributed by atoms with E-state index in [-0.39, 0.29) is 0 Å². The number of rotatable bonds is 6. The Morgan fingerprint density at radius 2 is 1.40 bits per heavy atom. The Hall–Kier alpha value is -1.60. The molecule has 2 aromatic rings. The second kappa shape index (κ2) is 5.80. The van der Waals surface area contributed by atoms with Gasteiger partial charge >= 0.3 is 0 Å². The van der Waals surface area contributed by atoms with Crippen LogP contribution in [0.2, 0.25) is 0 Å². The van der Waals surface area contributed by atoms with Crippen molar-refractivity contribution in [1.29, 1.82) is 0 Å². The van der Waals surface area contributed by atoms with Crippen LogP contribution in [0.3, 0.4) is 0 Å². The summed E-state index contributed by atoms with van der Waals surface area (Å²) in [6.45, 7) is 3.44. The highest BCUT2D eigenvalue weighted by molar-refractivity contribution is 5.31. The molecule has 1 aliphatic carbocycles. The lowest BCUT2D eigenvalue weighted by Crippen LogP contribution is -2.28. The highest BCUT2D eigenvalue weighted by Crippen LogP contribution is 2.48. The molecular weight excluding hydrogens is 242 g/mol. The number of hydrogen-bond acceptors (Lipinski definition) is 1. The lowest BCUT2D eigenvalue weighted by molar-refractivity contribution is 0.424. The maximum absolute atomic E-state index is 3.81. The average molecular weight is 265 g/mol. The van der Waals surface area contributed by atoms with Crippen molar-refractivity contribution < 1.29 is 0 Å². The number of benzene rings is 2. The van der Waals surface area contributed by atoms with Crippen LogP contribution >= 0.6 is 0 Å². The van der Waals surface area contributed by atoms with E-state index >= 15 is 0 Å². The maximum atomic E-state index is 3.81. The van der Waals surface area contributed by atoms with Crippen molar-refractivity contribution in [2.75, 3.05) is 6.54 Å². The van der Waals surface area contributed by atoms with E-state index in [4.69, 9.17) is 0 Å². The second-order valence-corrected chi connectivity index (χ2v) is 5.99. The highest BCUT2D eigenvalue weighted by Gasteiger charge is 2.40. The lowest BCUT2D eigenvalue weighted by Gasteiger charge is -2.23. The molecule has 0 unspecified atom stereocenters. The predicted molar refractivity (Wildman–Crippen MR) is 84.7 cm³/mol. The van der Waals surface area contributed by atoms with Crippen LogP contribution in [0.5, 0.6) is 0 Å². The Morgan fingerprint density at radius 1 is 0.900 bits per heavy atom. The van der Waals surface area contributed by atoms with E-state index in [2.05, 4.69) is 72.9 Å². The monoisotopic (exact) mass is 265 g/mol. The minimum absolute atomic E-state index is 0.307. The molecule has 0 amide bonds. The van der Waals surface area contributed by atoms with Gasteiger partial charge in [0.25, 0.3) is 0 Å². The van der Waals surface area contributed by atoms with E-state index in [9.17, 15) is 0 Å². The summed E-state index contributed by atoms with van der Waals surface area (Å²) in [5, 5.41) is 3.81. The molecule has 0 heterocycles. The lowest BCUT2D eigenvalue weighted by atomic mass is 9.96. The van der Waals surface area contributed by atoms with Crippen LogP contribution in [0.25, 0.3) is 0 Å². The summed E-state index contributed by atoms with van der Waals surface area (Å²) in [5.41, 5.74) is 3.28. The zero-order valence-corrected chi connectivity index (χ0v) is 12.2. The van der Waals surface area contributed by atoms with Crippen molar-refractivity contribution >= 4 is 0 Å². The molecule has 104 valence electrons. The summed E-state index contributed by atoms with van der Waals surface area (Å²) in [7, 11) is 0. The van der Waals surface area contributed by atoms with Crippen molar-refractivity contribution in [3.8, 4) is 0 Å². The van der Waals surface area contributed by atoms with Crippen molar-refractivity contribution in [2.24, 2.45) is 5.41 Å². The van der Waals surface area contributed by atoms with Gasteiger partial charge in [-0.05, 0) is 35.8 Å². The van der Waals surface area contributed by atoms with Gasteiger partial charge in [0, 0.05) is 6.54 Å². The molecule has 1 saturated carbocycles. The summed E-state index contributed by atoms with van der Waals surface area (Å²) in [5.74, 6) is 0. The number of nitrogens with one attached hydrogen (secondary N) is 1. The molecule has 1 nitrogen and oxygen atoms in total. The van der Waals surface area contributed by atoms with Crippen LogP contribution in [-0.4, -0.2) is 6.54 Å². The Labute approximate surface area is 122 Å². The Morgan fingerprint density at radius 3 is 1.80 bits per heavy atom. The molecule has 1 N–H and O–H groups in total. The zero-order chi connectivity index (χ0) is 13.8. The SMILES string of the molecule is CCC1(CNC(c2ccccc2)c2ccccc2)CC1. The zero-order valence-electron chi connectivity index (χ0n) is 12.2. The minimum Gasteiger partial charge on any atom is -0.306 e. The van der Waals surface area contributed by atoms with Crippen molar-refractivity contribution in [1.82, 2.24) is 5.32 Å². The molecular formula is C19H23N. The topological polar surface area (TPSA) is 12.0 Å². The molecule has 1 heteroatoms. The van der Waals surface area contributed by atoms with Gasteiger partial charge in [-0.2, -0.15) is 0 Å². The summed E-state index contributed by atoms with van der Waals surface area (Å²) in [4.78, 5) is 0. The van der Waals surface area contributed by atoms with E-state index in [1.165, 1.54) is 30.4 Å². The van der Waals surface area contributed by atoms with Gasteiger partial charge < -0.3 is 5.32 Å². The average Bonchev–Trinajstić information content (AvgIpc) is 3.30. The smallest absolute Gasteiger partial charge is 0.0576 e. The normalized spacial score (nSPS) is 16.3. The first-order valence-electron chi connectivity index (χ1n) is 7.66. The van der Waals surface area contributed by atoms with Crippen LogP contribution in [-0.2, 0) is 0 Å². The van der Waals surface area contributed by atoms with Crippen molar-refractivity contribution in [2.45, 2.75) is 32.2 Å².